The smallest absolute Gasteiger partial charge is 0.103 e. The highest BCUT2D eigenvalue weighted by Crippen LogP contribution is 2.39. The Labute approximate surface area is 77.3 Å². The highest BCUT2D eigenvalue weighted by molar-refractivity contribution is 5.22. The molecule has 0 bridgehead atoms. The van der Waals surface area contributed by atoms with Gasteiger partial charge in [0.15, 0.2) is 0 Å². The molecule has 1 atom stereocenters. The van der Waals surface area contributed by atoms with Crippen molar-refractivity contribution in [3.63, 3.8) is 0 Å². The number of fused-ring (bicyclic) bond motifs is 1. The van der Waals surface area contributed by atoms with E-state index in [1.807, 2.05) is 7.05 Å². The predicted octanol–water partition coefficient (Wildman–Crippen LogP) is 0.820. The van der Waals surface area contributed by atoms with Crippen LogP contribution >= 0.6 is 0 Å². The highest BCUT2D eigenvalue weighted by atomic mass is 15.5. The molecule has 70 valence electrons. The summed E-state index contributed by atoms with van der Waals surface area (Å²) in [4.78, 5) is 0. The van der Waals surface area contributed by atoms with Crippen molar-refractivity contribution in [3.05, 3.63) is 11.4 Å². The van der Waals surface area contributed by atoms with Gasteiger partial charge in [0.05, 0.1) is 17.8 Å². The molecule has 0 radical (unpaired) electrons. The van der Waals surface area contributed by atoms with Gasteiger partial charge in [-0.2, -0.15) is 0 Å². The van der Waals surface area contributed by atoms with Crippen LogP contribution < -0.4 is 5.32 Å². The van der Waals surface area contributed by atoms with Crippen LogP contribution in [0.2, 0.25) is 0 Å². The van der Waals surface area contributed by atoms with Gasteiger partial charge in [-0.25, -0.2) is 4.68 Å². The minimum absolute atomic E-state index is 0.447. The molecule has 1 aromatic rings. The summed E-state index contributed by atoms with van der Waals surface area (Å²) in [5.74, 6) is 0. The molecule has 4 heteroatoms. The number of aromatic nitrogens is 3. The lowest BCUT2D eigenvalue weighted by Crippen LogP contribution is -2.13. The lowest BCUT2D eigenvalue weighted by Gasteiger charge is -2.03. The SMILES string of the molecule is CNC1CCc2c1nnn2C1CC1. The molecule has 13 heavy (non-hydrogen) atoms. The maximum atomic E-state index is 4.26. The zero-order valence-corrected chi connectivity index (χ0v) is 7.82. The Morgan fingerprint density at radius 2 is 2.23 bits per heavy atom. The Bertz CT molecular complexity index is 326. The van der Waals surface area contributed by atoms with Crippen molar-refractivity contribution in [1.82, 2.24) is 20.3 Å². The number of nitrogens with zero attached hydrogens (tertiary/aromatic N) is 3. The zero-order valence-electron chi connectivity index (χ0n) is 7.82. The van der Waals surface area contributed by atoms with Gasteiger partial charge in [-0.15, -0.1) is 5.10 Å². The van der Waals surface area contributed by atoms with Gasteiger partial charge in [-0.05, 0) is 32.7 Å². The Morgan fingerprint density at radius 3 is 2.92 bits per heavy atom. The van der Waals surface area contributed by atoms with E-state index < -0.39 is 0 Å². The molecule has 4 nitrogen and oxygen atoms in total. The second-order valence-electron chi connectivity index (χ2n) is 3.98. The molecule has 0 saturated heterocycles. The summed E-state index contributed by atoms with van der Waals surface area (Å²) >= 11 is 0. The van der Waals surface area contributed by atoms with E-state index in [0.717, 1.165) is 6.42 Å². The third-order valence-corrected chi connectivity index (χ3v) is 3.06. The molecule has 1 aromatic heterocycles. The minimum atomic E-state index is 0.447. The molecule has 2 aliphatic rings. The minimum Gasteiger partial charge on any atom is -0.312 e. The second kappa shape index (κ2) is 2.54. The topological polar surface area (TPSA) is 42.7 Å². The van der Waals surface area contributed by atoms with Crippen molar-refractivity contribution < 1.29 is 0 Å². The third-order valence-electron chi connectivity index (χ3n) is 3.06. The summed E-state index contributed by atoms with van der Waals surface area (Å²) in [5, 5.41) is 11.8. The molecule has 1 saturated carbocycles. The van der Waals surface area contributed by atoms with Crippen molar-refractivity contribution in [2.45, 2.75) is 37.8 Å². The molecule has 0 spiro atoms. The zero-order chi connectivity index (χ0) is 8.84. The van der Waals surface area contributed by atoms with E-state index in [4.69, 9.17) is 0 Å². The molecular formula is C9H14N4. The van der Waals surface area contributed by atoms with E-state index in [2.05, 4.69) is 20.3 Å². The standard InChI is InChI=1S/C9H14N4/c1-10-7-4-5-8-9(7)11-12-13(8)6-2-3-6/h6-7,10H,2-5H2,1H3. The Balaban J connectivity index is 1.99. The van der Waals surface area contributed by atoms with Gasteiger partial charge in [0.1, 0.15) is 5.69 Å². The molecule has 0 amide bonds. The van der Waals surface area contributed by atoms with Crippen LogP contribution in [0.3, 0.4) is 0 Å². The van der Waals surface area contributed by atoms with Crippen molar-refractivity contribution in [1.29, 1.82) is 0 Å². The van der Waals surface area contributed by atoms with E-state index in [1.54, 1.807) is 0 Å². The Kier molecular flexibility index (Phi) is 1.47. The molecule has 1 heterocycles. The summed E-state index contributed by atoms with van der Waals surface area (Å²) in [6.07, 6.45) is 4.91. The average Bonchev–Trinajstić information content (AvgIpc) is 2.78. The fraction of sp³-hybridized carbons (Fsp3) is 0.778. The van der Waals surface area contributed by atoms with Crippen LogP contribution in [0.1, 0.15) is 42.7 Å². The molecular weight excluding hydrogens is 164 g/mol. The highest BCUT2D eigenvalue weighted by Gasteiger charge is 2.33. The summed E-state index contributed by atoms with van der Waals surface area (Å²) < 4.78 is 2.15. The van der Waals surface area contributed by atoms with Crippen LogP contribution in [0.25, 0.3) is 0 Å². The number of rotatable bonds is 2. The monoisotopic (exact) mass is 178 g/mol. The van der Waals surface area contributed by atoms with Gasteiger partial charge < -0.3 is 5.32 Å². The molecule has 1 N–H and O–H groups in total. The molecule has 0 aliphatic heterocycles. The lowest BCUT2D eigenvalue weighted by atomic mass is 10.2. The first-order chi connectivity index (χ1) is 6.40. The number of nitrogens with one attached hydrogen (secondary N) is 1. The second-order valence-corrected chi connectivity index (χ2v) is 3.98. The van der Waals surface area contributed by atoms with E-state index >= 15 is 0 Å². The summed E-state index contributed by atoms with van der Waals surface area (Å²) in [5.41, 5.74) is 2.57. The molecule has 1 fully saturated rings. The quantitative estimate of drug-likeness (QED) is 0.729. The first-order valence-electron chi connectivity index (χ1n) is 5.01. The number of hydrogen-bond donors (Lipinski definition) is 1. The largest absolute Gasteiger partial charge is 0.312 e. The number of hydrogen-bond acceptors (Lipinski definition) is 3. The van der Waals surface area contributed by atoms with Gasteiger partial charge in [0, 0.05) is 0 Å². The summed E-state index contributed by atoms with van der Waals surface area (Å²) in [6.45, 7) is 0. The maximum Gasteiger partial charge on any atom is 0.103 e. The summed E-state index contributed by atoms with van der Waals surface area (Å²) in [7, 11) is 2.00. The average molecular weight is 178 g/mol. The van der Waals surface area contributed by atoms with E-state index in [-0.39, 0.29) is 0 Å². The van der Waals surface area contributed by atoms with Crippen LogP contribution in [-0.2, 0) is 6.42 Å². The maximum absolute atomic E-state index is 4.26. The van der Waals surface area contributed by atoms with E-state index in [9.17, 15) is 0 Å². The summed E-state index contributed by atoms with van der Waals surface area (Å²) in [6, 6.07) is 1.12. The van der Waals surface area contributed by atoms with Crippen LogP contribution in [0, 0.1) is 0 Å². The lowest BCUT2D eigenvalue weighted by molar-refractivity contribution is 0.537. The molecule has 3 rings (SSSR count). The normalized spacial score (nSPS) is 26.4. The van der Waals surface area contributed by atoms with Crippen LogP contribution in [-0.4, -0.2) is 22.0 Å². The van der Waals surface area contributed by atoms with E-state index in [0.29, 0.717) is 12.1 Å². The van der Waals surface area contributed by atoms with Crippen LogP contribution in [0.15, 0.2) is 0 Å². The molecule has 0 aromatic carbocycles. The molecule has 1 unspecified atom stereocenters. The molecule has 2 aliphatic carbocycles. The van der Waals surface area contributed by atoms with Gasteiger partial charge in [-0.3, -0.25) is 0 Å². The van der Waals surface area contributed by atoms with Gasteiger partial charge >= 0.3 is 0 Å². The Morgan fingerprint density at radius 1 is 1.38 bits per heavy atom. The fourth-order valence-electron chi connectivity index (χ4n) is 2.15. The predicted molar refractivity (Wildman–Crippen MR) is 48.4 cm³/mol. The first kappa shape index (κ1) is 7.50. The third kappa shape index (κ3) is 1.01. The van der Waals surface area contributed by atoms with Gasteiger partial charge in [0.2, 0.25) is 0 Å². The fourth-order valence-corrected chi connectivity index (χ4v) is 2.15. The van der Waals surface area contributed by atoms with Gasteiger partial charge in [-0.1, -0.05) is 5.21 Å². The Hall–Kier alpha value is -0.900. The van der Waals surface area contributed by atoms with Crippen molar-refractivity contribution >= 4 is 0 Å². The van der Waals surface area contributed by atoms with E-state index in [1.165, 1.54) is 30.7 Å². The van der Waals surface area contributed by atoms with Crippen LogP contribution in [0.5, 0.6) is 0 Å². The van der Waals surface area contributed by atoms with Crippen molar-refractivity contribution in [2.24, 2.45) is 0 Å². The van der Waals surface area contributed by atoms with Crippen molar-refractivity contribution in [3.8, 4) is 0 Å². The van der Waals surface area contributed by atoms with Crippen LogP contribution in [0.4, 0.5) is 0 Å². The van der Waals surface area contributed by atoms with Gasteiger partial charge in [0.25, 0.3) is 0 Å². The van der Waals surface area contributed by atoms with Crippen molar-refractivity contribution in [2.75, 3.05) is 7.05 Å². The first-order valence-corrected chi connectivity index (χ1v) is 5.01.